The van der Waals surface area contributed by atoms with Gasteiger partial charge in [-0.05, 0) is 18.6 Å². The quantitative estimate of drug-likeness (QED) is 0.239. The van der Waals surface area contributed by atoms with E-state index in [2.05, 4.69) is 32.7 Å². The molecule has 0 aliphatic carbocycles. The smallest absolute Gasteiger partial charge is 0.241 e. The molecular formula is C31H48N10O5. The number of hydrogen-bond donors (Lipinski definition) is 1. The maximum absolute atomic E-state index is 13.0. The van der Waals surface area contributed by atoms with E-state index in [9.17, 15) is 4.79 Å². The van der Waals surface area contributed by atoms with Gasteiger partial charge in [0, 0.05) is 106 Å². The minimum Gasteiger partial charge on any atom is -0.383 e. The zero-order chi connectivity index (χ0) is 32.6. The van der Waals surface area contributed by atoms with E-state index in [1.54, 1.807) is 33.3 Å². The first-order valence-electron chi connectivity index (χ1n) is 15.8. The molecule has 1 saturated heterocycles. The Morgan fingerprint density at radius 2 is 1.24 bits per heavy atom. The molecule has 3 aromatic heterocycles. The van der Waals surface area contributed by atoms with Gasteiger partial charge in [0.1, 0.15) is 11.0 Å². The highest BCUT2D eigenvalue weighted by molar-refractivity contribution is 5.96. The number of aromatic amines is 1. The number of hydrogen-bond acceptors (Lipinski definition) is 13. The van der Waals surface area contributed by atoms with E-state index in [0.29, 0.717) is 101 Å². The summed E-state index contributed by atoms with van der Waals surface area (Å²) in [6.45, 7) is 9.19. The van der Waals surface area contributed by atoms with Gasteiger partial charge in [0.15, 0.2) is 11.6 Å². The van der Waals surface area contributed by atoms with Crippen molar-refractivity contribution in [1.29, 1.82) is 0 Å². The van der Waals surface area contributed by atoms with Crippen molar-refractivity contribution in [3.8, 4) is 0 Å². The summed E-state index contributed by atoms with van der Waals surface area (Å²) in [5.74, 6) is 2.43. The zero-order valence-electron chi connectivity index (χ0n) is 28.0. The molecule has 0 spiro atoms. The maximum Gasteiger partial charge on any atom is 0.241 e. The molecule has 46 heavy (non-hydrogen) atoms. The number of H-pyrrole nitrogens is 1. The van der Waals surface area contributed by atoms with Gasteiger partial charge >= 0.3 is 0 Å². The zero-order valence-corrected chi connectivity index (χ0v) is 28.0. The molecule has 0 unspecified atom stereocenters. The van der Waals surface area contributed by atoms with Gasteiger partial charge in [0.2, 0.25) is 17.8 Å². The van der Waals surface area contributed by atoms with E-state index in [4.69, 9.17) is 38.9 Å². The van der Waals surface area contributed by atoms with Crippen molar-refractivity contribution in [2.24, 2.45) is 0 Å². The second kappa shape index (κ2) is 15.7. The SMILES string of the molecule is COCCN(CCOC)c1nc(N2CCc3[nH]c(C)cc3C2)c2nc(N(CCOC)CCOC)nc(N3CCN(C)C(=O)C3)c2n1. The van der Waals surface area contributed by atoms with Crippen LogP contribution in [-0.4, -0.2) is 150 Å². The van der Waals surface area contributed by atoms with Crippen LogP contribution in [0.25, 0.3) is 11.0 Å². The number of nitrogens with zero attached hydrogens (tertiary/aromatic N) is 9. The number of amides is 1. The number of methoxy groups -OCH3 is 4. The lowest BCUT2D eigenvalue weighted by Gasteiger charge is -2.35. The van der Waals surface area contributed by atoms with Gasteiger partial charge in [-0.25, -0.2) is 9.97 Å². The number of aryl methyl sites for hydroxylation is 1. The molecule has 1 amide bonds. The summed E-state index contributed by atoms with van der Waals surface area (Å²) in [7, 11) is 8.55. The van der Waals surface area contributed by atoms with Crippen LogP contribution in [0.4, 0.5) is 23.5 Å². The number of ether oxygens (including phenoxy) is 4. The molecular weight excluding hydrogens is 592 g/mol. The van der Waals surface area contributed by atoms with Gasteiger partial charge < -0.3 is 48.4 Å². The van der Waals surface area contributed by atoms with Crippen LogP contribution in [0.3, 0.4) is 0 Å². The molecule has 5 rings (SSSR count). The molecule has 252 valence electrons. The van der Waals surface area contributed by atoms with Gasteiger partial charge in [-0.1, -0.05) is 0 Å². The second-order valence-corrected chi connectivity index (χ2v) is 11.7. The highest BCUT2D eigenvalue weighted by atomic mass is 16.5. The van der Waals surface area contributed by atoms with Gasteiger partial charge in [0.25, 0.3) is 0 Å². The summed E-state index contributed by atoms with van der Waals surface area (Å²) in [5, 5.41) is 0. The summed E-state index contributed by atoms with van der Waals surface area (Å²) >= 11 is 0. The fourth-order valence-electron chi connectivity index (χ4n) is 5.83. The van der Waals surface area contributed by atoms with Crippen molar-refractivity contribution in [3.05, 3.63) is 23.0 Å². The highest BCUT2D eigenvalue weighted by Crippen LogP contribution is 2.35. The first-order chi connectivity index (χ1) is 22.4. The van der Waals surface area contributed by atoms with Gasteiger partial charge in [0.05, 0.1) is 33.0 Å². The fraction of sp³-hybridized carbons (Fsp3) is 0.645. The molecule has 2 aliphatic heterocycles. The molecule has 0 aromatic carbocycles. The Hall–Kier alpha value is -3.79. The number of anilines is 4. The lowest BCUT2D eigenvalue weighted by molar-refractivity contribution is -0.129. The maximum atomic E-state index is 13.0. The highest BCUT2D eigenvalue weighted by Gasteiger charge is 2.30. The first kappa shape index (κ1) is 33.6. The fourth-order valence-corrected chi connectivity index (χ4v) is 5.83. The van der Waals surface area contributed by atoms with Crippen molar-refractivity contribution in [3.63, 3.8) is 0 Å². The number of carbonyl (C=O) groups excluding carboxylic acids is 1. The number of aromatic nitrogens is 5. The predicted octanol–water partition coefficient (Wildman–Crippen LogP) is 1.10. The second-order valence-electron chi connectivity index (χ2n) is 11.7. The van der Waals surface area contributed by atoms with Crippen molar-refractivity contribution in [1.82, 2.24) is 29.8 Å². The third-order valence-electron chi connectivity index (χ3n) is 8.49. The van der Waals surface area contributed by atoms with Crippen LogP contribution in [0.5, 0.6) is 0 Å². The summed E-state index contributed by atoms with van der Waals surface area (Å²) in [5.41, 5.74) is 4.89. The predicted molar refractivity (Wildman–Crippen MR) is 177 cm³/mol. The van der Waals surface area contributed by atoms with Crippen LogP contribution in [-0.2, 0) is 36.7 Å². The first-order valence-corrected chi connectivity index (χ1v) is 15.8. The van der Waals surface area contributed by atoms with E-state index in [1.165, 1.54) is 11.3 Å². The minimum atomic E-state index is 0.0258. The molecule has 1 N–H and O–H groups in total. The van der Waals surface area contributed by atoms with Crippen molar-refractivity contribution < 1.29 is 23.7 Å². The van der Waals surface area contributed by atoms with Gasteiger partial charge in [-0.3, -0.25) is 4.79 Å². The van der Waals surface area contributed by atoms with E-state index >= 15 is 0 Å². The number of nitrogens with one attached hydrogen (secondary N) is 1. The Kier molecular flexibility index (Phi) is 11.4. The molecule has 15 heteroatoms. The van der Waals surface area contributed by atoms with Gasteiger partial charge in [-0.2, -0.15) is 9.97 Å². The Morgan fingerprint density at radius 3 is 1.72 bits per heavy atom. The molecule has 0 atom stereocenters. The van der Waals surface area contributed by atoms with Crippen molar-refractivity contribution in [2.75, 3.05) is 134 Å². The summed E-state index contributed by atoms with van der Waals surface area (Å²) < 4.78 is 21.8. The number of piperazine rings is 1. The topological polar surface area (TPSA) is 138 Å². The lowest BCUT2D eigenvalue weighted by atomic mass is 10.1. The Labute approximate surface area is 270 Å². The van der Waals surface area contributed by atoms with Gasteiger partial charge in [-0.15, -0.1) is 0 Å². The molecule has 15 nitrogen and oxygen atoms in total. The third kappa shape index (κ3) is 7.60. The van der Waals surface area contributed by atoms with Crippen LogP contribution >= 0.6 is 0 Å². The number of rotatable bonds is 16. The lowest BCUT2D eigenvalue weighted by Crippen LogP contribution is -2.49. The van der Waals surface area contributed by atoms with E-state index < -0.39 is 0 Å². The van der Waals surface area contributed by atoms with Crippen LogP contribution < -0.4 is 19.6 Å². The largest absolute Gasteiger partial charge is 0.383 e. The normalized spacial score (nSPS) is 15.2. The average Bonchev–Trinajstić information content (AvgIpc) is 3.44. The van der Waals surface area contributed by atoms with E-state index in [0.717, 1.165) is 24.5 Å². The Morgan fingerprint density at radius 1 is 0.739 bits per heavy atom. The summed E-state index contributed by atoms with van der Waals surface area (Å²) in [4.78, 5) is 47.3. The third-order valence-corrected chi connectivity index (χ3v) is 8.49. The molecule has 3 aromatic rings. The molecule has 1 fully saturated rings. The van der Waals surface area contributed by atoms with E-state index in [1.807, 2.05) is 11.9 Å². The van der Waals surface area contributed by atoms with Crippen LogP contribution in [0.1, 0.15) is 17.0 Å². The Balaban J connectivity index is 1.72. The van der Waals surface area contributed by atoms with Crippen LogP contribution in [0, 0.1) is 6.92 Å². The summed E-state index contributed by atoms with van der Waals surface area (Å²) in [6.07, 6.45) is 0.854. The number of fused-ring (bicyclic) bond motifs is 2. The molecule has 5 heterocycles. The monoisotopic (exact) mass is 640 g/mol. The molecule has 0 saturated carbocycles. The van der Waals surface area contributed by atoms with Crippen LogP contribution in [0.15, 0.2) is 6.07 Å². The standard InChI is InChI=1S/C31H48N10O5/c1-22-19-23-20-40(8-7-24(23)32-22)28-26-27(34-30(35-28)38(11-15-43-3)12-16-44-4)29(41-10-9-37(2)25(42)21-41)36-31(33-26)39(13-17-45-5)14-18-46-6/h19,32H,7-18,20-21H2,1-6H3. The average molecular weight is 641 g/mol. The van der Waals surface area contributed by atoms with Crippen molar-refractivity contribution in [2.45, 2.75) is 19.9 Å². The summed E-state index contributed by atoms with van der Waals surface area (Å²) in [6, 6.07) is 2.20. The van der Waals surface area contributed by atoms with E-state index in [-0.39, 0.29) is 12.5 Å². The molecule has 0 radical (unpaired) electrons. The number of carbonyl (C=O) groups is 1. The van der Waals surface area contributed by atoms with Crippen LogP contribution in [0.2, 0.25) is 0 Å². The van der Waals surface area contributed by atoms with Crippen molar-refractivity contribution >= 4 is 40.5 Å². The number of likely N-dealkylation sites (N-methyl/N-ethyl adjacent to an activating group) is 1. The molecule has 0 bridgehead atoms. The molecule has 2 aliphatic rings. The minimum absolute atomic E-state index is 0.0258. The Bertz CT molecular complexity index is 1450.